The quantitative estimate of drug-likeness (QED) is 0.394. The van der Waals surface area contributed by atoms with Crippen molar-refractivity contribution in [2.24, 2.45) is 7.05 Å². The van der Waals surface area contributed by atoms with Crippen LogP contribution >= 0.6 is 35.1 Å². The molecule has 0 atom stereocenters. The molecule has 9 heteroatoms. The number of thioether (sulfide) groups is 2. The molecular formula is C16H13ClF3N3S2. The van der Waals surface area contributed by atoms with E-state index in [0.717, 1.165) is 16.2 Å². The van der Waals surface area contributed by atoms with Crippen molar-refractivity contribution in [3.05, 3.63) is 35.5 Å². The second-order valence-electron chi connectivity index (χ2n) is 5.11. The van der Waals surface area contributed by atoms with Crippen LogP contribution in [-0.4, -0.2) is 25.8 Å². The van der Waals surface area contributed by atoms with Crippen molar-refractivity contribution in [3.8, 4) is 11.5 Å². The highest BCUT2D eigenvalue weighted by Gasteiger charge is 2.29. The Labute approximate surface area is 156 Å². The van der Waals surface area contributed by atoms with Crippen molar-refractivity contribution in [2.45, 2.75) is 22.2 Å². The van der Waals surface area contributed by atoms with Gasteiger partial charge in [0, 0.05) is 16.8 Å². The first-order valence-corrected chi connectivity index (χ1v) is 9.48. The molecule has 0 amide bonds. The molecule has 2 heterocycles. The number of benzene rings is 1. The predicted molar refractivity (Wildman–Crippen MR) is 97.3 cm³/mol. The minimum Gasteiger partial charge on any atom is -0.326 e. The summed E-state index contributed by atoms with van der Waals surface area (Å²) in [5.74, 6) is 1.43. The van der Waals surface area contributed by atoms with Crippen molar-refractivity contribution in [2.75, 3.05) is 5.75 Å². The van der Waals surface area contributed by atoms with Crippen LogP contribution in [0.1, 0.15) is 6.92 Å². The Morgan fingerprint density at radius 1 is 1.16 bits per heavy atom. The van der Waals surface area contributed by atoms with Gasteiger partial charge in [-0.15, -0.1) is 11.8 Å². The minimum atomic E-state index is -4.33. The summed E-state index contributed by atoms with van der Waals surface area (Å²) < 4.78 is 39.6. The van der Waals surface area contributed by atoms with Crippen LogP contribution < -0.4 is 0 Å². The van der Waals surface area contributed by atoms with Gasteiger partial charge in [-0.2, -0.15) is 13.2 Å². The second kappa shape index (κ2) is 7.09. The smallest absolute Gasteiger partial charge is 0.326 e. The van der Waals surface area contributed by atoms with E-state index in [1.807, 2.05) is 24.6 Å². The molecule has 0 spiro atoms. The number of aromatic nitrogens is 3. The third-order valence-electron chi connectivity index (χ3n) is 3.42. The molecular weight excluding hydrogens is 391 g/mol. The highest BCUT2D eigenvalue weighted by molar-refractivity contribution is 8.00. The van der Waals surface area contributed by atoms with E-state index in [2.05, 4.69) is 9.97 Å². The molecule has 3 aromatic rings. The van der Waals surface area contributed by atoms with Gasteiger partial charge in [-0.1, -0.05) is 18.5 Å². The standard InChI is InChI=1S/C16H13ClF3N3S2/c1-3-24-12-6-7-13(17)22-14(12)15-21-10-8-9(25-16(18,19)20)4-5-11(10)23(15)2/h4-8H,3H2,1-2H3. The number of hydrogen-bond acceptors (Lipinski definition) is 4. The Morgan fingerprint density at radius 2 is 1.92 bits per heavy atom. The number of aryl methyl sites for hydroxylation is 1. The van der Waals surface area contributed by atoms with Gasteiger partial charge in [-0.05, 0) is 47.8 Å². The van der Waals surface area contributed by atoms with Gasteiger partial charge in [0.1, 0.15) is 10.8 Å². The summed E-state index contributed by atoms with van der Waals surface area (Å²) in [5, 5.41) is 0.343. The van der Waals surface area contributed by atoms with Crippen LogP contribution in [0.3, 0.4) is 0 Å². The van der Waals surface area contributed by atoms with E-state index in [-0.39, 0.29) is 16.7 Å². The number of pyridine rings is 1. The number of fused-ring (bicyclic) bond motifs is 1. The topological polar surface area (TPSA) is 30.7 Å². The van der Waals surface area contributed by atoms with Gasteiger partial charge in [0.2, 0.25) is 0 Å². The van der Waals surface area contributed by atoms with Crippen molar-refractivity contribution < 1.29 is 13.2 Å². The molecule has 0 unspecified atom stereocenters. The van der Waals surface area contributed by atoms with E-state index in [9.17, 15) is 13.2 Å². The van der Waals surface area contributed by atoms with Crippen molar-refractivity contribution >= 4 is 46.2 Å². The maximum absolute atomic E-state index is 12.6. The second-order valence-corrected chi connectivity index (χ2v) is 7.94. The van der Waals surface area contributed by atoms with Crippen LogP contribution in [0.25, 0.3) is 22.6 Å². The van der Waals surface area contributed by atoms with E-state index in [1.54, 1.807) is 23.9 Å². The molecule has 1 aromatic carbocycles. The SMILES string of the molecule is CCSc1ccc(Cl)nc1-c1nc2cc(SC(F)(F)F)ccc2n1C. The molecule has 0 bridgehead atoms. The number of nitrogens with zero attached hydrogens (tertiary/aromatic N) is 3. The van der Waals surface area contributed by atoms with Gasteiger partial charge in [0.25, 0.3) is 0 Å². The summed E-state index contributed by atoms with van der Waals surface area (Å²) in [5.41, 5.74) is -2.48. The van der Waals surface area contributed by atoms with Crippen LogP contribution in [0.4, 0.5) is 13.2 Å². The highest BCUT2D eigenvalue weighted by atomic mass is 35.5. The van der Waals surface area contributed by atoms with Gasteiger partial charge in [-0.3, -0.25) is 0 Å². The number of imidazole rings is 1. The van der Waals surface area contributed by atoms with E-state index < -0.39 is 5.51 Å². The molecule has 0 fully saturated rings. The fraction of sp³-hybridized carbons (Fsp3) is 0.250. The number of alkyl halides is 3. The van der Waals surface area contributed by atoms with Crippen LogP contribution in [0, 0.1) is 0 Å². The molecule has 0 saturated carbocycles. The molecule has 3 nitrogen and oxygen atoms in total. The molecule has 25 heavy (non-hydrogen) atoms. The maximum atomic E-state index is 12.6. The summed E-state index contributed by atoms with van der Waals surface area (Å²) in [6, 6.07) is 8.11. The molecule has 0 aliphatic carbocycles. The Morgan fingerprint density at radius 3 is 2.60 bits per heavy atom. The molecule has 0 aliphatic heterocycles. The monoisotopic (exact) mass is 403 g/mol. The van der Waals surface area contributed by atoms with Crippen LogP contribution in [0.2, 0.25) is 5.15 Å². The van der Waals surface area contributed by atoms with Crippen molar-refractivity contribution in [1.29, 1.82) is 0 Å². The molecule has 0 radical (unpaired) electrons. The van der Waals surface area contributed by atoms with Gasteiger partial charge >= 0.3 is 5.51 Å². The summed E-state index contributed by atoms with van der Waals surface area (Å²) in [6.45, 7) is 2.03. The van der Waals surface area contributed by atoms with E-state index in [1.165, 1.54) is 12.1 Å². The molecule has 2 aromatic heterocycles. The van der Waals surface area contributed by atoms with Gasteiger partial charge < -0.3 is 4.57 Å². The first-order chi connectivity index (χ1) is 11.8. The third-order valence-corrected chi connectivity index (χ3v) is 5.28. The normalized spacial score (nSPS) is 12.1. The first kappa shape index (κ1) is 18.4. The lowest BCUT2D eigenvalue weighted by Crippen LogP contribution is -1.98. The Kier molecular flexibility index (Phi) is 5.22. The van der Waals surface area contributed by atoms with Crippen molar-refractivity contribution in [3.63, 3.8) is 0 Å². The van der Waals surface area contributed by atoms with E-state index >= 15 is 0 Å². The molecule has 3 rings (SSSR count). The summed E-state index contributed by atoms with van der Waals surface area (Å²) in [4.78, 5) is 9.91. The largest absolute Gasteiger partial charge is 0.446 e. The lowest BCUT2D eigenvalue weighted by molar-refractivity contribution is -0.0328. The molecule has 0 saturated heterocycles. The zero-order chi connectivity index (χ0) is 18.2. The zero-order valence-electron chi connectivity index (χ0n) is 13.3. The highest BCUT2D eigenvalue weighted by Crippen LogP contribution is 2.38. The number of rotatable bonds is 4. The first-order valence-electron chi connectivity index (χ1n) is 7.30. The van der Waals surface area contributed by atoms with Crippen LogP contribution in [-0.2, 0) is 7.05 Å². The molecule has 0 N–H and O–H groups in total. The predicted octanol–water partition coefficient (Wildman–Crippen LogP) is 6.01. The maximum Gasteiger partial charge on any atom is 0.446 e. The van der Waals surface area contributed by atoms with Crippen LogP contribution in [0.15, 0.2) is 40.1 Å². The van der Waals surface area contributed by atoms with Crippen LogP contribution in [0.5, 0.6) is 0 Å². The fourth-order valence-corrected chi connectivity index (χ4v) is 3.91. The minimum absolute atomic E-state index is 0.104. The average molecular weight is 404 g/mol. The van der Waals surface area contributed by atoms with Gasteiger partial charge in [-0.25, -0.2) is 9.97 Å². The van der Waals surface area contributed by atoms with Gasteiger partial charge in [0.05, 0.1) is 11.0 Å². The zero-order valence-corrected chi connectivity index (χ0v) is 15.7. The lowest BCUT2D eigenvalue weighted by atomic mass is 10.3. The third kappa shape index (κ3) is 4.07. The Bertz CT molecular complexity index is 925. The number of hydrogen-bond donors (Lipinski definition) is 0. The number of halogens is 4. The fourth-order valence-electron chi connectivity index (χ4n) is 2.44. The Hall–Kier alpha value is -1.38. The summed E-state index contributed by atoms with van der Waals surface area (Å²) in [7, 11) is 1.81. The van der Waals surface area contributed by atoms with E-state index in [0.29, 0.717) is 22.2 Å². The van der Waals surface area contributed by atoms with E-state index in [4.69, 9.17) is 11.6 Å². The average Bonchev–Trinajstić information content (AvgIpc) is 2.84. The lowest BCUT2D eigenvalue weighted by Gasteiger charge is -2.08. The van der Waals surface area contributed by atoms with Gasteiger partial charge in [0.15, 0.2) is 5.82 Å². The van der Waals surface area contributed by atoms with Crippen molar-refractivity contribution in [1.82, 2.24) is 14.5 Å². The molecule has 0 aliphatic rings. The Balaban J connectivity index is 2.12. The summed E-state index contributed by atoms with van der Waals surface area (Å²) >= 11 is 7.49. The molecule has 132 valence electrons. The summed E-state index contributed by atoms with van der Waals surface area (Å²) in [6.07, 6.45) is 0.